The van der Waals surface area contributed by atoms with Gasteiger partial charge in [-0.15, -0.1) is 0 Å². The summed E-state index contributed by atoms with van der Waals surface area (Å²) < 4.78 is 5.53. The highest BCUT2D eigenvalue weighted by Crippen LogP contribution is 2.26. The van der Waals surface area contributed by atoms with Gasteiger partial charge in [-0.3, -0.25) is 10.2 Å². The number of esters is 1. The highest BCUT2D eigenvalue weighted by Gasteiger charge is 2.07. The first-order valence-electron chi connectivity index (χ1n) is 5.98. The Kier molecular flexibility index (Phi) is 6.17. The first kappa shape index (κ1) is 16.2. The van der Waals surface area contributed by atoms with E-state index in [1.54, 1.807) is 32.0 Å². The smallest absolute Gasteiger partial charge is 0.354 e. The molecule has 6 nitrogen and oxygen atoms in total. The zero-order valence-electron chi connectivity index (χ0n) is 11.5. The quantitative estimate of drug-likeness (QED) is 0.490. The zero-order valence-corrected chi connectivity index (χ0v) is 13.1. The van der Waals surface area contributed by atoms with Crippen LogP contribution in [-0.4, -0.2) is 24.2 Å². The van der Waals surface area contributed by atoms with Crippen LogP contribution >= 0.6 is 15.9 Å². The van der Waals surface area contributed by atoms with Crippen LogP contribution in [0.25, 0.3) is 0 Å². The lowest BCUT2D eigenvalue weighted by Gasteiger charge is -2.08. The third-order valence-electron chi connectivity index (χ3n) is 2.20. The highest BCUT2D eigenvalue weighted by atomic mass is 79.9. The molecule has 108 valence electrons. The molecule has 0 aliphatic carbocycles. The number of nitrogens with zero attached hydrogens (tertiary/aromatic N) is 1. The third-order valence-corrected chi connectivity index (χ3v) is 2.86. The van der Waals surface area contributed by atoms with Crippen LogP contribution in [0.1, 0.15) is 20.8 Å². The van der Waals surface area contributed by atoms with Gasteiger partial charge in [0.05, 0.1) is 12.3 Å². The summed E-state index contributed by atoms with van der Waals surface area (Å²) in [5.41, 5.74) is 4.32. The summed E-state index contributed by atoms with van der Waals surface area (Å²) in [6, 6.07) is 5.19. The number of carbonyl (C=O) groups excluding carboxylic acids is 2. The number of nitrogens with one attached hydrogen (secondary N) is 2. The van der Waals surface area contributed by atoms with Crippen LogP contribution in [0, 0.1) is 0 Å². The van der Waals surface area contributed by atoms with E-state index in [2.05, 4.69) is 31.8 Å². The van der Waals surface area contributed by atoms with Gasteiger partial charge in [0.2, 0.25) is 5.91 Å². The Morgan fingerprint density at radius 3 is 2.60 bits per heavy atom. The second-order valence-electron chi connectivity index (χ2n) is 3.91. The molecule has 20 heavy (non-hydrogen) atoms. The van der Waals surface area contributed by atoms with Gasteiger partial charge < -0.3 is 10.1 Å². The first-order chi connectivity index (χ1) is 9.43. The van der Waals surface area contributed by atoms with Crippen LogP contribution in [0.3, 0.4) is 0 Å². The van der Waals surface area contributed by atoms with Crippen molar-refractivity contribution < 1.29 is 14.3 Å². The molecule has 1 rings (SSSR count). The molecule has 0 fully saturated rings. The fourth-order valence-electron chi connectivity index (χ4n) is 1.31. The van der Waals surface area contributed by atoms with Gasteiger partial charge in [0.1, 0.15) is 5.71 Å². The molecule has 1 amide bonds. The highest BCUT2D eigenvalue weighted by molar-refractivity contribution is 9.10. The van der Waals surface area contributed by atoms with Crippen LogP contribution in [0.2, 0.25) is 0 Å². The molecule has 1 aromatic carbocycles. The lowest BCUT2D eigenvalue weighted by atomic mass is 10.3. The summed E-state index contributed by atoms with van der Waals surface area (Å²) in [4.78, 5) is 22.3. The molecule has 7 heteroatoms. The van der Waals surface area contributed by atoms with E-state index >= 15 is 0 Å². The van der Waals surface area contributed by atoms with Crippen LogP contribution in [-0.2, 0) is 14.3 Å². The van der Waals surface area contributed by atoms with Crippen LogP contribution in [0.15, 0.2) is 27.8 Å². The number of benzene rings is 1. The van der Waals surface area contributed by atoms with Gasteiger partial charge in [0, 0.05) is 17.1 Å². The molecule has 0 heterocycles. The molecule has 2 N–H and O–H groups in total. The van der Waals surface area contributed by atoms with Crippen molar-refractivity contribution >= 4 is 44.9 Å². The van der Waals surface area contributed by atoms with Gasteiger partial charge in [-0.2, -0.15) is 5.10 Å². The molecule has 0 radical (unpaired) electrons. The Balaban J connectivity index is 2.76. The van der Waals surface area contributed by atoms with Crippen LogP contribution < -0.4 is 10.7 Å². The number of hydrazone groups is 1. The van der Waals surface area contributed by atoms with Crippen molar-refractivity contribution in [1.82, 2.24) is 0 Å². The predicted molar refractivity (Wildman–Crippen MR) is 81.8 cm³/mol. The molecule has 0 aliphatic heterocycles. The number of halogens is 1. The molecule has 0 bridgehead atoms. The van der Waals surface area contributed by atoms with Gasteiger partial charge in [0.25, 0.3) is 0 Å². The molecular formula is C13H16BrN3O3. The van der Waals surface area contributed by atoms with Crippen molar-refractivity contribution in [2.45, 2.75) is 20.8 Å². The number of hydrogen-bond donors (Lipinski definition) is 2. The van der Waals surface area contributed by atoms with E-state index in [4.69, 9.17) is 4.74 Å². The monoisotopic (exact) mass is 341 g/mol. The third kappa shape index (κ3) is 5.00. The van der Waals surface area contributed by atoms with Crippen molar-refractivity contribution in [1.29, 1.82) is 0 Å². The van der Waals surface area contributed by atoms with E-state index in [-0.39, 0.29) is 11.6 Å². The summed E-state index contributed by atoms with van der Waals surface area (Å²) >= 11 is 3.36. The SMILES string of the molecule is CCOC(=O)/C(C)=N/Nc1ccc(NC(C)=O)cc1Br. The number of rotatable bonds is 5. The Bertz CT molecular complexity index is 544. The van der Waals surface area contributed by atoms with Crippen LogP contribution in [0.5, 0.6) is 0 Å². The maximum Gasteiger partial charge on any atom is 0.354 e. The molecule has 0 saturated heterocycles. The molecule has 0 atom stereocenters. The number of amides is 1. The van der Waals surface area contributed by atoms with E-state index in [9.17, 15) is 9.59 Å². The van der Waals surface area contributed by atoms with Gasteiger partial charge in [-0.1, -0.05) is 0 Å². The molecule has 0 spiro atoms. The van der Waals surface area contributed by atoms with Gasteiger partial charge in [0.15, 0.2) is 0 Å². The molecule has 0 aliphatic rings. The average Bonchev–Trinajstić information content (AvgIpc) is 2.37. The molecule has 1 aromatic rings. The minimum atomic E-state index is -0.467. The standard InChI is InChI=1S/C13H16BrN3O3/c1-4-20-13(19)8(2)16-17-12-6-5-10(7-11(12)14)15-9(3)18/h5-7,17H,4H2,1-3H3,(H,15,18)/b16-8+. The Hall–Kier alpha value is -1.89. The van der Waals surface area contributed by atoms with Gasteiger partial charge in [-0.05, 0) is 48.0 Å². The van der Waals surface area contributed by atoms with Crippen molar-refractivity contribution in [3.63, 3.8) is 0 Å². The van der Waals surface area contributed by atoms with E-state index in [0.717, 1.165) is 0 Å². The normalized spacial score (nSPS) is 10.9. The molecular weight excluding hydrogens is 326 g/mol. The summed E-state index contributed by atoms with van der Waals surface area (Å²) in [7, 11) is 0. The molecule has 0 aromatic heterocycles. The summed E-state index contributed by atoms with van der Waals surface area (Å²) in [5, 5.41) is 6.61. The Morgan fingerprint density at radius 2 is 2.05 bits per heavy atom. The van der Waals surface area contributed by atoms with E-state index in [0.29, 0.717) is 22.5 Å². The molecule has 0 saturated carbocycles. The lowest BCUT2D eigenvalue weighted by Crippen LogP contribution is -2.15. The second-order valence-corrected chi connectivity index (χ2v) is 4.76. The minimum Gasteiger partial charge on any atom is -0.461 e. The first-order valence-corrected chi connectivity index (χ1v) is 6.78. The van der Waals surface area contributed by atoms with Gasteiger partial charge >= 0.3 is 5.97 Å². The molecule has 0 unspecified atom stereocenters. The fraction of sp³-hybridized carbons (Fsp3) is 0.308. The van der Waals surface area contributed by atoms with Crippen molar-refractivity contribution in [2.24, 2.45) is 5.10 Å². The summed E-state index contributed by atoms with van der Waals surface area (Å²) in [5.74, 6) is -0.611. The lowest BCUT2D eigenvalue weighted by molar-refractivity contribution is -0.135. The Labute approximate surface area is 125 Å². The topological polar surface area (TPSA) is 79.8 Å². The van der Waals surface area contributed by atoms with Gasteiger partial charge in [-0.25, -0.2) is 4.79 Å². The Morgan fingerprint density at radius 1 is 1.35 bits per heavy atom. The summed E-state index contributed by atoms with van der Waals surface area (Å²) in [6.45, 7) is 5.04. The maximum atomic E-state index is 11.4. The van der Waals surface area contributed by atoms with Crippen molar-refractivity contribution in [3.8, 4) is 0 Å². The number of carbonyl (C=O) groups is 2. The summed E-state index contributed by atoms with van der Waals surface area (Å²) in [6.07, 6.45) is 0. The second kappa shape index (κ2) is 7.64. The minimum absolute atomic E-state index is 0.145. The maximum absolute atomic E-state index is 11.4. The number of anilines is 2. The average molecular weight is 342 g/mol. The van der Waals surface area contributed by atoms with E-state index in [1.807, 2.05) is 0 Å². The fourth-order valence-corrected chi connectivity index (χ4v) is 1.78. The number of hydrogen-bond acceptors (Lipinski definition) is 5. The number of ether oxygens (including phenoxy) is 1. The van der Waals surface area contributed by atoms with Crippen molar-refractivity contribution in [3.05, 3.63) is 22.7 Å². The predicted octanol–water partition coefficient (Wildman–Crippen LogP) is 2.76. The van der Waals surface area contributed by atoms with E-state index < -0.39 is 5.97 Å². The zero-order chi connectivity index (χ0) is 15.1. The van der Waals surface area contributed by atoms with Crippen LogP contribution in [0.4, 0.5) is 11.4 Å². The van der Waals surface area contributed by atoms with E-state index in [1.165, 1.54) is 6.92 Å². The largest absolute Gasteiger partial charge is 0.461 e. The van der Waals surface area contributed by atoms with Crippen molar-refractivity contribution in [2.75, 3.05) is 17.3 Å².